The number of benzene rings is 3. The fraction of sp³-hybridized carbons (Fsp3) is 0.312. The Morgan fingerprint density at radius 3 is 1.68 bits per heavy atom. The van der Waals surface area contributed by atoms with Crippen LogP contribution in [0, 0.1) is 11.8 Å². The molecule has 0 unspecified atom stereocenters. The summed E-state index contributed by atoms with van der Waals surface area (Å²) < 4.78 is 0. The van der Waals surface area contributed by atoms with Gasteiger partial charge in [0.15, 0.2) is 5.78 Å². The topological polar surface area (TPSA) is 83.6 Å². The molecule has 0 spiro atoms. The first-order valence-corrected chi connectivity index (χ1v) is 14.3. The normalized spacial score (nSPS) is 25.8. The second-order valence-electron chi connectivity index (χ2n) is 10.8. The monoisotopic (exact) mass is 574 g/mol. The van der Waals surface area contributed by atoms with E-state index in [1.165, 1.54) is 11.8 Å². The molecule has 2 atom stereocenters. The average molecular weight is 575 g/mol. The van der Waals surface area contributed by atoms with Gasteiger partial charge < -0.3 is 5.32 Å². The highest BCUT2D eigenvalue weighted by Gasteiger charge is 2.72. The number of carbonyl (C=O) groups is 4. The third-order valence-electron chi connectivity index (χ3n) is 8.54. The highest BCUT2D eigenvalue weighted by molar-refractivity contribution is 6.36. The highest BCUT2D eigenvalue weighted by Crippen LogP contribution is 2.69. The Balaban J connectivity index is 1.12. The Labute approximate surface area is 242 Å². The van der Waals surface area contributed by atoms with Gasteiger partial charge in [-0.3, -0.25) is 24.1 Å². The molecule has 204 valence electrons. The van der Waals surface area contributed by atoms with E-state index < -0.39 is 21.6 Å². The fourth-order valence-corrected chi connectivity index (χ4v) is 7.79. The number of unbranched alkanes of at least 4 members (excludes halogenated alkanes) is 2. The Bertz CT molecular complexity index is 1430. The first-order chi connectivity index (χ1) is 19.2. The number of Topliss-reactive ketones (excluding diaryl/α,β-unsaturated/α-hetero) is 1. The van der Waals surface area contributed by atoms with Gasteiger partial charge in [-0.25, -0.2) is 0 Å². The largest absolute Gasteiger partial charge is 0.326 e. The lowest BCUT2D eigenvalue weighted by Crippen LogP contribution is -2.57. The standard InChI is InChI=1S/C32H28Cl2N2O4/c1-19(37)20-14-16-21(17-15-20)35-26(38)13-3-2-8-18-36-29(39)27-28(30(36)40)32(34)23-10-5-4-9-22(23)31(27,33)24-11-6-7-12-25(24)32/h4-7,9-12,14-17,27-28H,2-3,8,13,18H2,1H3,(H,35,38)/t27-,28-,31?,32?/m0/s1. The van der Waals surface area contributed by atoms with E-state index in [2.05, 4.69) is 5.32 Å². The minimum absolute atomic E-state index is 0.0312. The first-order valence-electron chi connectivity index (χ1n) is 13.5. The number of halogens is 2. The Morgan fingerprint density at radius 2 is 1.23 bits per heavy atom. The zero-order chi connectivity index (χ0) is 28.2. The van der Waals surface area contributed by atoms with E-state index in [0.29, 0.717) is 36.9 Å². The molecule has 0 saturated carbocycles. The van der Waals surface area contributed by atoms with E-state index >= 15 is 0 Å². The number of ketones is 1. The summed E-state index contributed by atoms with van der Waals surface area (Å²) in [6.45, 7) is 1.75. The number of carbonyl (C=O) groups excluding carboxylic acids is 4. The predicted octanol–water partition coefficient (Wildman–Crippen LogP) is 5.98. The van der Waals surface area contributed by atoms with E-state index in [1.54, 1.807) is 24.3 Å². The Hall–Kier alpha value is -3.48. The molecule has 3 aromatic rings. The van der Waals surface area contributed by atoms with Gasteiger partial charge in [0.1, 0.15) is 9.75 Å². The number of amides is 3. The lowest BCUT2D eigenvalue weighted by atomic mass is 9.54. The fourth-order valence-electron chi connectivity index (χ4n) is 6.69. The van der Waals surface area contributed by atoms with Crippen LogP contribution in [0.5, 0.6) is 0 Å². The third kappa shape index (κ3) is 3.84. The molecule has 3 aliphatic carbocycles. The molecule has 6 nitrogen and oxygen atoms in total. The second kappa shape index (κ2) is 9.86. The van der Waals surface area contributed by atoms with Crippen molar-refractivity contribution in [3.63, 3.8) is 0 Å². The Kier molecular flexibility index (Phi) is 6.59. The van der Waals surface area contributed by atoms with Crippen LogP contribution < -0.4 is 5.32 Å². The van der Waals surface area contributed by atoms with E-state index in [9.17, 15) is 19.2 Å². The Morgan fingerprint density at radius 1 is 0.750 bits per heavy atom. The molecule has 40 heavy (non-hydrogen) atoms. The minimum Gasteiger partial charge on any atom is -0.326 e. The van der Waals surface area contributed by atoms with Crippen molar-refractivity contribution in [1.29, 1.82) is 0 Å². The van der Waals surface area contributed by atoms with Crippen molar-refractivity contribution in [3.8, 4) is 0 Å². The van der Waals surface area contributed by atoms with Crippen LogP contribution in [0.15, 0.2) is 72.8 Å². The second-order valence-corrected chi connectivity index (χ2v) is 12.0. The van der Waals surface area contributed by atoms with E-state index in [4.69, 9.17) is 23.2 Å². The molecule has 3 aromatic carbocycles. The van der Waals surface area contributed by atoms with Crippen molar-refractivity contribution in [3.05, 3.63) is 101 Å². The molecule has 1 heterocycles. The van der Waals surface area contributed by atoms with Gasteiger partial charge in [-0.15, -0.1) is 23.2 Å². The highest BCUT2D eigenvalue weighted by atomic mass is 35.5. The number of rotatable bonds is 8. The number of nitrogens with zero attached hydrogens (tertiary/aromatic N) is 1. The summed E-state index contributed by atoms with van der Waals surface area (Å²) >= 11 is 14.9. The maximum Gasteiger partial charge on any atom is 0.235 e. The zero-order valence-electron chi connectivity index (χ0n) is 22.0. The molecule has 1 aliphatic heterocycles. The maximum absolute atomic E-state index is 13.8. The van der Waals surface area contributed by atoms with Crippen molar-refractivity contribution < 1.29 is 19.2 Å². The smallest absolute Gasteiger partial charge is 0.235 e. The number of hydrogen-bond acceptors (Lipinski definition) is 4. The first kappa shape index (κ1) is 26.7. The van der Waals surface area contributed by atoms with E-state index in [1.807, 2.05) is 48.5 Å². The number of hydrogen-bond donors (Lipinski definition) is 1. The predicted molar refractivity (Wildman–Crippen MR) is 153 cm³/mol. The van der Waals surface area contributed by atoms with Gasteiger partial charge in [0.2, 0.25) is 17.7 Å². The van der Waals surface area contributed by atoms with Gasteiger partial charge in [0.25, 0.3) is 0 Å². The van der Waals surface area contributed by atoms with Crippen molar-refractivity contribution in [1.82, 2.24) is 4.90 Å². The third-order valence-corrected chi connectivity index (χ3v) is 9.82. The zero-order valence-corrected chi connectivity index (χ0v) is 23.5. The molecule has 8 heteroatoms. The van der Waals surface area contributed by atoms with Gasteiger partial charge in [0, 0.05) is 24.2 Å². The van der Waals surface area contributed by atoms with Gasteiger partial charge >= 0.3 is 0 Å². The molecule has 0 aromatic heterocycles. The van der Waals surface area contributed by atoms with Crippen LogP contribution in [0.1, 0.15) is 65.2 Å². The van der Waals surface area contributed by atoms with Crippen LogP contribution in [-0.2, 0) is 24.1 Å². The molecule has 1 N–H and O–H groups in total. The summed E-state index contributed by atoms with van der Waals surface area (Å²) in [6, 6.07) is 22.0. The molecule has 4 aliphatic rings. The summed E-state index contributed by atoms with van der Waals surface area (Å²) in [5.74, 6) is -2.31. The van der Waals surface area contributed by atoms with Gasteiger partial charge in [-0.1, -0.05) is 55.0 Å². The summed E-state index contributed by atoms with van der Waals surface area (Å²) in [6.07, 6.45) is 2.15. The van der Waals surface area contributed by atoms with Gasteiger partial charge in [-0.05, 0) is 66.3 Å². The van der Waals surface area contributed by atoms with Crippen molar-refractivity contribution in [2.75, 3.05) is 11.9 Å². The number of likely N-dealkylation sites (tertiary alicyclic amines) is 1. The molecule has 2 bridgehead atoms. The van der Waals surface area contributed by atoms with Gasteiger partial charge in [0.05, 0.1) is 11.8 Å². The quantitative estimate of drug-likeness (QED) is 0.155. The lowest BCUT2D eigenvalue weighted by Gasteiger charge is -2.54. The summed E-state index contributed by atoms with van der Waals surface area (Å²) in [4.78, 5) is 50.4. The number of anilines is 1. The van der Waals surface area contributed by atoms with Crippen molar-refractivity contribution >= 4 is 52.4 Å². The van der Waals surface area contributed by atoms with Crippen LogP contribution >= 0.6 is 23.2 Å². The number of alkyl halides is 2. The summed E-state index contributed by atoms with van der Waals surface area (Å²) in [5, 5.41) is 2.83. The number of imide groups is 1. The lowest BCUT2D eigenvalue weighted by molar-refractivity contribution is -0.140. The molecule has 1 fully saturated rings. The SMILES string of the molecule is CC(=O)c1ccc(NC(=O)CCCCCN2C(=O)[C@@H]3[C@@H](C2=O)C2(Cl)c4ccccc4C3(Cl)c3ccccc32)cc1. The van der Waals surface area contributed by atoms with Crippen LogP contribution in [0.25, 0.3) is 0 Å². The van der Waals surface area contributed by atoms with Crippen LogP contribution in [-0.4, -0.2) is 34.9 Å². The summed E-state index contributed by atoms with van der Waals surface area (Å²) in [7, 11) is 0. The van der Waals surface area contributed by atoms with Crippen LogP contribution in [0.4, 0.5) is 5.69 Å². The van der Waals surface area contributed by atoms with Crippen LogP contribution in [0.3, 0.4) is 0 Å². The minimum atomic E-state index is -1.17. The van der Waals surface area contributed by atoms with Crippen molar-refractivity contribution in [2.45, 2.75) is 42.4 Å². The molecular formula is C32H28Cl2N2O4. The van der Waals surface area contributed by atoms with E-state index in [-0.39, 0.29) is 30.0 Å². The molecular weight excluding hydrogens is 547 g/mol. The molecule has 1 saturated heterocycles. The van der Waals surface area contributed by atoms with Crippen molar-refractivity contribution in [2.24, 2.45) is 11.8 Å². The molecule has 3 amide bonds. The van der Waals surface area contributed by atoms with E-state index in [0.717, 1.165) is 22.3 Å². The average Bonchev–Trinajstić information content (AvgIpc) is 3.22. The maximum atomic E-state index is 13.8. The number of nitrogens with one attached hydrogen (secondary N) is 1. The van der Waals surface area contributed by atoms with Gasteiger partial charge in [-0.2, -0.15) is 0 Å². The molecule has 0 radical (unpaired) electrons. The summed E-state index contributed by atoms with van der Waals surface area (Å²) in [5.41, 5.74) is 4.37. The van der Waals surface area contributed by atoms with Crippen LogP contribution in [0.2, 0.25) is 0 Å². The molecule has 7 rings (SSSR count).